The van der Waals surface area contributed by atoms with E-state index >= 15 is 0 Å². The quantitative estimate of drug-likeness (QED) is 0.920. The van der Waals surface area contributed by atoms with Gasteiger partial charge in [-0.05, 0) is 31.9 Å². The molecule has 0 bridgehead atoms. The first kappa shape index (κ1) is 11.9. The molecule has 2 heterocycles. The number of hydrogen-bond acceptors (Lipinski definition) is 4. The van der Waals surface area contributed by atoms with Crippen molar-refractivity contribution in [2.45, 2.75) is 25.7 Å². The van der Waals surface area contributed by atoms with Crippen LogP contribution in [-0.4, -0.2) is 17.0 Å². The van der Waals surface area contributed by atoms with Crippen molar-refractivity contribution in [1.82, 2.24) is 9.97 Å². The van der Waals surface area contributed by atoms with Gasteiger partial charge in [-0.25, -0.2) is 9.97 Å². The smallest absolute Gasteiger partial charge is 0.134 e. The Morgan fingerprint density at radius 3 is 2.67 bits per heavy atom. The molecule has 1 fully saturated rings. The van der Waals surface area contributed by atoms with Gasteiger partial charge in [0.1, 0.15) is 11.6 Å². The number of aromatic nitrogens is 2. The SMILES string of the molecule is CNc1nc(C2CC2)nc(-c2ccc(Cl)s2)c1C. The Kier molecular flexibility index (Phi) is 2.99. The number of nitrogens with zero attached hydrogens (tertiary/aromatic N) is 2. The molecule has 1 aliphatic carbocycles. The number of hydrogen-bond donors (Lipinski definition) is 1. The van der Waals surface area contributed by atoms with E-state index in [1.807, 2.05) is 26.1 Å². The summed E-state index contributed by atoms with van der Waals surface area (Å²) in [5.41, 5.74) is 2.09. The molecular formula is C13H14ClN3S. The molecule has 0 unspecified atom stereocenters. The van der Waals surface area contributed by atoms with Gasteiger partial charge in [0.25, 0.3) is 0 Å². The van der Waals surface area contributed by atoms with Gasteiger partial charge in [-0.15, -0.1) is 11.3 Å². The Labute approximate surface area is 115 Å². The van der Waals surface area contributed by atoms with Crippen molar-refractivity contribution in [3.63, 3.8) is 0 Å². The van der Waals surface area contributed by atoms with Crippen LogP contribution in [-0.2, 0) is 0 Å². The second-order valence-corrected chi connectivity index (χ2v) is 6.25. The molecule has 1 aliphatic rings. The molecule has 3 rings (SSSR count). The second-order valence-electron chi connectivity index (χ2n) is 4.53. The molecule has 1 N–H and O–H groups in total. The highest BCUT2D eigenvalue weighted by Crippen LogP contribution is 2.41. The summed E-state index contributed by atoms with van der Waals surface area (Å²) in [7, 11) is 1.90. The van der Waals surface area contributed by atoms with E-state index in [0.29, 0.717) is 5.92 Å². The van der Waals surface area contributed by atoms with E-state index in [1.165, 1.54) is 12.8 Å². The van der Waals surface area contributed by atoms with Crippen LogP contribution in [0.5, 0.6) is 0 Å². The van der Waals surface area contributed by atoms with Crippen LogP contribution in [0.15, 0.2) is 12.1 Å². The van der Waals surface area contributed by atoms with Crippen LogP contribution < -0.4 is 5.32 Å². The van der Waals surface area contributed by atoms with Gasteiger partial charge in [0.05, 0.1) is 14.9 Å². The summed E-state index contributed by atoms with van der Waals surface area (Å²) in [5.74, 6) is 2.43. The summed E-state index contributed by atoms with van der Waals surface area (Å²) < 4.78 is 0.794. The lowest BCUT2D eigenvalue weighted by Crippen LogP contribution is -2.04. The van der Waals surface area contributed by atoms with E-state index in [4.69, 9.17) is 16.6 Å². The molecule has 0 spiro atoms. The number of anilines is 1. The fraction of sp³-hybridized carbons (Fsp3) is 0.385. The maximum atomic E-state index is 6.01. The topological polar surface area (TPSA) is 37.8 Å². The maximum Gasteiger partial charge on any atom is 0.134 e. The summed E-state index contributed by atoms with van der Waals surface area (Å²) in [6.45, 7) is 2.05. The van der Waals surface area contributed by atoms with E-state index in [0.717, 1.165) is 32.1 Å². The first-order valence-corrected chi connectivity index (χ1v) is 7.20. The Balaban J connectivity index is 2.14. The predicted octanol–water partition coefficient (Wildman–Crippen LogP) is 4.09. The van der Waals surface area contributed by atoms with Gasteiger partial charge >= 0.3 is 0 Å². The number of nitrogens with one attached hydrogen (secondary N) is 1. The third kappa shape index (κ3) is 2.10. The third-order valence-corrected chi connectivity index (χ3v) is 4.39. The summed E-state index contributed by atoms with van der Waals surface area (Å²) >= 11 is 7.57. The molecule has 0 saturated heterocycles. The average Bonchev–Trinajstić information content (AvgIpc) is 3.12. The van der Waals surface area contributed by atoms with E-state index in [1.54, 1.807) is 11.3 Å². The molecule has 5 heteroatoms. The van der Waals surface area contributed by atoms with E-state index in [9.17, 15) is 0 Å². The third-order valence-electron chi connectivity index (χ3n) is 3.15. The summed E-state index contributed by atoms with van der Waals surface area (Å²) in [6, 6.07) is 3.94. The van der Waals surface area contributed by atoms with Gasteiger partial charge in [-0.1, -0.05) is 11.6 Å². The van der Waals surface area contributed by atoms with Crippen LogP contribution >= 0.6 is 22.9 Å². The molecule has 0 aliphatic heterocycles. The van der Waals surface area contributed by atoms with Crippen molar-refractivity contribution in [1.29, 1.82) is 0 Å². The fourth-order valence-electron chi connectivity index (χ4n) is 1.98. The lowest BCUT2D eigenvalue weighted by Gasteiger charge is -2.10. The van der Waals surface area contributed by atoms with Crippen molar-refractivity contribution in [3.8, 4) is 10.6 Å². The molecule has 0 atom stereocenters. The highest BCUT2D eigenvalue weighted by molar-refractivity contribution is 7.19. The van der Waals surface area contributed by atoms with Crippen LogP contribution in [0.3, 0.4) is 0 Å². The highest BCUT2D eigenvalue weighted by Gasteiger charge is 2.28. The monoisotopic (exact) mass is 279 g/mol. The fourth-order valence-corrected chi connectivity index (χ4v) is 3.07. The first-order chi connectivity index (χ1) is 8.69. The van der Waals surface area contributed by atoms with Crippen LogP contribution in [0, 0.1) is 6.92 Å². The minimum atomic E-state index is 0.548. The van der Waals surface area contributed by atoms with Crippen LogP contribution in [0.4, 0.5) is 5.82 Å². The number of halogens is 1. The minimum Gasteiger partial charge on any atom is -0.373 e. The van der Waals surface area contributed by atoms with E-state index in [2.05, 4.69) is 10.3 Å². The average molecular weight is 280 g/mol. The van der Waals surface area contributed by atoms with Crippen LogP contribution in [0.2, 0.25) is 4.34 Å². The van der Waals surface area contributed by atoms with E-state index < -0.39 is 0 Å². The first-order valence-electron chi connectivity index (χ1n) is 6.01. The Hall–Kier alpha value is -1.13. The summed E-state index contributed by atoms with van der Waals surface area (Å²) in [6.07, 6.45) is 2.41. The lowest BCUT2D eigenvalue weighted by molar-refractivity contribution is 0.925. The maximum absolute atomic E-state index is 6.01. The van der Waals surface area contributed by atoms with Crippen molar-refractivity contribution in [2.24, 2.45) is 0 Å². The molecule has 18 heavy (non-hydrogen) atoms. The Morgan fingerprint density at radius 1 is 1.33 bits per heavy atom. The van der Waals surface area contributed by atoms with Gasteiger partial charge < -0.3 is 5.32 Å². The normalized spacial score (nSPS) is 14.8. The molecule has 0 amide bonds. The molecule has 2 aromatic rings. The molecular weight excluding hydrogens is 266 g/mol. The van der Waals surface area contributed by atoms with Crippen LogP contribution in [0.25, 0.3) is 10.6 Å². The van der Waals surface area contributed by atoms with Gasteiger partial charge in [0.2, 0.25) is 0 Å². The summed E-state index contributed by atoms with van der Waals surface area (Å²) in [5, 5.41) is 3.16. The Morgan fingerprint density at radius 2 is 2.11 bits per heavy atom. The molecule has 0 aromatic carbocycles. The second kappa shape index (κ2) is 4.52. The largest absolute Gasteiger partial charge is 0.373 e. The van der Waals surface area contributed by atoms with Crippen LogP contribution in [0.1, 0.15) is 30.1 Å². The van der Waals surface area contributed by atoms with Gasteiger partial charge in [-0.3, -0.25) is 0 Å². The standard InChI is InChI=1S/C13H14ClN3S/c1-7-11(9-5-6-10(14)18-9)16-13(8-3-4-8)17-12(7)15-2/h5-6,8H,3-4H2,1-2H3,(H,15,16,17). The van der Waals surface area contributed by atoms with Gasteiger partial charge in [0.15, 0.2) is 0 Å². The lowest BCUT2D eigenvalue weighted by atomic mass is 10.2. The number of thiophene rings is 1. The zero-order valence-corrected chi connectivity index (χ0v) is 11.9. The van der Waals surface area contributed by atoms with Crippen molar-refractivity contribution in [2.75, 3.05) is 12.4 Å². The zero-order valence-electron chi connectivity index (χ0n) is 10.3. The zero-order chi connectivity index (χ0) is 12.7. The molecule has 0 radical (unpaired) electrons. The molecule has 94 valence electrons. The summed E-state index contributed by atoms with van der Waals surface area (Å²) in [4.78, 5) is 10.4. The highest BCUT2D eigenvalue weighted by atomic mass is 35.5. The van der Waals surface area contributed by atoms with E-state index in [-0.39, 0.29) is 0 Å². The Bertz CT molecular complexity index is 590. The van der Waals surface area contributed by atoms with Gasteiger partial charge in [0, 0.05) is 18.5 Å². The van der Waals surface area contributed by atoms with Crippen molar-refractivity contribution < 1.29 is 0 Å². The molecule has 3 nitrogen and oxygen atoms in total. The molecule has 2 aromatic heterocycles. The minimum absolute atomic E-state index is 0.548. The predicted molar refractivity (Wildman–Crippen MR) is 76.6 cm³/mol. The van der Waals surface area contributed by atoms with Gasteiger partial charge in [-0.2, -0.15) is 0 Å². The molecule has 1 saturated carbocycles. The van der Waals surface area contributed by atoms with Crippen molar-refractivity contribution in [3.05, 3.63) is 27.9 Å². The number of rotatable bonds is 3. The van der Waals surface area contributed by atoms with Crippen molar-refractivity contribution >= 4 is 28.8 Å².